The second-order valence-electron chi connectivity index (χ2n) is 4.00. The summed E-state index contributed by atoms with van der Waals surface area (Å²) >= 11 is 5.96. The lowest BCUT2D eigenvalue weighted by atomic mass is 10.1. The van der Waals surface area contributed by atoms with Crippen LogP contribution in [-0.2, 0) is 4.74 Å². The van der Waals surface area contributed by atoms with Gasteiger partial charge >= 0.3 is 0 Å². The van der Waals surface area contributed by atoms with Gasteiger partial charge in [-0.15, -0.1) is 0 Å². The summed E-state index contributed by atoms with van der Waals surface area (Å²) in [7, 11) is 1.55. The first-order valence-electron chi connectivity index (χ1n) is 5.67. The minimum Gasteiger partial charge on any atom is -0.389 e. The van der Waals surface area contributed by atoms with Crippen LogP contribution >= 0.6 is 11.6 Å². The van der Waals surface area contributed by atoms with Gasteiger partial charge in [0, 0.05) is 19.0 Å². The molecule has 0 amide bonds. The Morgan fingerprint density at radius 1 is 1.44 bits per heavy atom. The Kier molecular flexibility index (Phi) is 4.36. The van der Waals surface area contributed by atoms with E-state index >= 15 is 0 Å². The number of halogens is 1. The zero-order valence-electron chi connectivity index (χ0n) is 10.1. The van der Waals surface area contributed by atoms with E-state index in [1.165, 1.54) is 0 Å². The highest BCUT2D eigenvalue weighted by Crippen LogP contribution is 2.24. The topological polar surface area (TPSA) is 54.4 Å². The molecule has 0 spiro atoms. The maximum atomic E-state index is 9.60. The molecule has 1 atom stereocenters. The number of nitrogens with zero attached hydrogens (tertiary/aromatic N) is 1. The van der Waals surface area contributed by atoms with Crippen molar-refractivity contribution in [2.45, 2.75) is 6.10 Å². The molecule has 5 heteroatoms. The molecule has 2 aromatic rings. The molecule has 96 valence electrons. The van der Waals surface area contributed by atoms with Crippen LogP contribution in [0, 0.1) is 0 Å². The summed E-state index contributed by atoms with van der Waals surface area (Å²) in [5.41, 5.74) is 0. The molecule has 0 aliphatic rings. The summed E-state index contributed by atoms with van der Waals surface area (Å²) in [6, 6.07) is 9.63. The smallest absolute Gasteiger partial charge is 0.135 e. The predicted octanol–water partition coefficient (Wildman–Crippen LogP) is 2.31. The van der Waals surface area contributed by atoms with E-state index in [9.17, 15) is 5.11 Å². The lowest BCUT2D eigenvalue weighted by Gasteiger charge is -2.13. The number of hydrogen-bond acceptors (Lipinski definition) is 4. The van der Waals surface area contributed by atoms with Crippen LogP contribution in [0.1, 0.15) is 0 Å². The van der Waals surface area contributed by atoms with Gasteiger partial charge in [0.2, 0.25) is 0 Å². The van der Waals surface area contributed by atoms with Crippen LogP contribution in [0.25, 0.3) is 10.8 Å². The molecule has 18 heavy (non-hydrogen) atoms. The molecule has 0 bridgehead atoms. The summed E-state index contributed by atoms with van der Waals surface area (Å²) in [6.07, 6.45) is -0.574. The van der Waals surface area contributed by atoms with E-state index < -0.39 is 6.10 Å². The van der Waals surface area contributed by atoms with Gasteiger partial charge in [0.1, 0.15) is 11.0 Å². The molecule has 4 nitrogen and oxygen atoms in total. The first-order valence-corrected chi connectivity index (χ1v) is 6.04. The maximum absolute atomic E-state index is 9.60. The first kappa shape index (κ1) is 13.1. The van der Waals surface area contributed by atoms with Crippen molar-refractivity contribution < 1.29 is 9.84 Å². The van der Waals surface area contributed by atoms with Crippen molar-refractivity contribution in [3.8, 4) is 0 Å². The monoisotopic (exact) mass is 266 g/mol. The summed E-state index contributed by atoms with van der Waals surface area (Å²) < 4.78 is 4.87. The number of rotatable bonds is 5. The predicted molar refractivity (Wildman–Crippen MR) is 73.1 cm³/mol. The number of aliphatic hydroxyl groups excluding tert-OH is 1. The van der Waals surface area contributed by atoms with Crippen LogP contribution in [0.2, 0.25) is 5.15 Å². The first-order chi connectivity index (χ1) is 8.70. The third-order valence-corrected chi connectivity index (χ3v) is 2.77. The van der Waals surface area contributed by atoms with Gasteiger partial charge in [-0.05, 0) is 11.5 Å². The molecule has 1 heterocycles. The summed E-state index contributed by atoms with van der Waals surface area (Å²) in [5, 5.41) is 15.1. The third kappa shape index (κ3) is 3.10. The van der Waals surface area contributed by atoms with Gasteiger partial charge in [0.25, 0.3) is 0 Å². The molecule has 0 radical (unpaired) electrons. The molecule has 1 aromatic carbocycles. The molecule has 2 N–H and O–H groups in total. The fraction of sp³-hybridized carbons (Fsp3) is 0.308. The summed E-state index contributed by atoms with van der Waals surface area (Å²) in [4.78, 5) is 4.24. The number of methoxy groups -OCH3 is 1. The van der Waals surface area contributed by atoms with Crippen molar-refractivity contribution in [2.75, 3.05) is 25.6 Å². The van der Waals surface area contributed by atoms with Crippen molar-refractivity contribution in [1.82, 2.24) is 4.98 Å². The largest absolute Gasteiger partial charge is 0.389 e. The fourth-order valence-electron chi connectivity index (χ4n) is 1.77. The van der Waals surface area contributed by atoms with E-state index in [0.29, 0.717) is 17.5 Å². The fourth-order valence-corrected chi connectivity index (χ4v) is 1.97. The van der Waals surface area contributed by atoms with Crippen molar-refractivity contribution in [2.24, 2.45) is 0 Å². The minimum atomic E-state index is -0.574. The van der Waals surface area contributed by atoms with Crippen molar-refractivity contribution in [1.29, 1.82) is 0 Å². The summed E-state index contributed by atoms with van der Waals surface area (Å²) in [5.74, 6) is 0.674. The quantitative estimate of drug-likeness (QED) is 0.816. The molecule has 0 saturated carbocycles. The number of fused-ring (bicyclic) bond motifs is 1. The van der Waals surface area contributed by atoms with E-state index in [1.54, 1.807) is 7.11 Å². The Morgan fingerprint density at radius 3 is 3.00 bits per heavy atom. The third-order valence-electron chi connectivity index (χ3n) is 2.57. The molecular formula is C13H15ClN2O2. The Bertz CT molecular complexity index is 533. The number of aromatic nitrogens is 1. The van der Waals surface area contributed by atoms with Crippen LogP contribution in [0.5, 0.6) is 0 Å². The second kappa shape index (κ2) is 6.00. The maximum Gasteiger partial charge on any atom is 0.135 e. The van der Waals surface area contributed by atoms with Crippen LogP contribution in [0.4, 0.5) is 5.82 Å². The normalized spacial score (nSPS) is 12.6. The van der Waals surface area contributed by atoms with E-state index in [1.807, 2.05) is 30.3 Å². The van der Waals surface area contributed by atoms with Crippen molar-refractivity contribution >= 4 is 28.2 Å². The number of pyridine rings is 1. The number of aliphatic hydroxyl groups is 1. The van der Waals surface area contributed by atoms with Gasteiger partial charge in [-0.1, -0.05) is 35.9 Å². The van der Waals surface area contributed by atoms with Gasteiger partial charge < -0.3 is 15.2 Å². The number of nitrogens with one attached hydrogen (secondary N) is 1. The molecule has 0 fully saturated rings. The SMILES string of the molecule is COCC(O)CNc1nc(Cl)cc2ccccc12. The van der Waals surface area contributed by atoms with Crippen LogP contribution in [0.3, 0.4) is 0 Å². The number of anilines is 1. The molecular weight excluding hydrogens is 252 g/mol. The molecule has 0 saturated heterocycles. The second-order valence-corrected chi connectivity index (χ2v) is 4.39. The molecule has 0 aliphatic heterocycles. The Balaban J connectivity index is 2.21. The highest BCUT2D eigenvalue weighted by atomic mass is 35.5. The molecule has 0 aliphatic carbocycles. The van der Waals surface area contributed by atoms with E-state index in [2.05, 4.69) is 10.3 Å². The van der Waals surface area contributed by atoms with Gasteiger partial charge in [-0.3, -0.25) is 0 Å². The van der Waals surface area contributed by atoms with Crippen molar-refractivity contribution in [3.05, 3.63) is 35.5 Å². The lowest BCUT2D eigenvalue weighted by Crippen LogP contribution is -2.24. The van der Waals surface area contributed by atoms with Gasteiger partial charge in [0.15, 0.2) is 0 Å². The van der Waals surface area contributed by atoms with E-state index in [4.69, 9.17) is 16.3 Å². The highest BCUT2D eigenvalue weighted by molar-refractivity contribution is 6.30. The summed E-state index contributed by atoms with van der Waals surface area (Å²) in [6.45, 7) is 0.649. The van der Waals surface area contributed by atoms with Crippen LogP contribution in [-0.4, -0.2) is 36.5 Å². The zero-order valence-corrected chi connectivity index (χ0v) is 10.8. The lowest BCUT2D eigenvalue weighted by molar-refractivity contribution is 0.0727. The van der Waals surface area contributed by atoms with E-state index in [0.717, 1.165) is 10.8 Å². The molecule has 1 unspecified atom stereocenters. The van der Waals surface area contributed by atoms with Gasteiger partial charge in [-0.2, -0.15) is 0 Å². The molecule has 1 aromatic heterocycles. The molecule has 2 rings (SSSR count). The Labute approximate surface area is 111 Å². The average molecular weight is 267 g/mol. The Morgan fingerprint density at radius 2 is 2.22 bits per heavy atom. The number of hydrogen-bond donors (Lipinski definition) is 2. The number of benzene rings is 1. The zero-order chi connectivity index (χ0) is 13.0. The van der Waals surface area contributed by atoms with Gasteiger partial charge in [0.05, 0.1) is 12.7 Å². The van der Waals surface area contributed by atoms with Crippen LogP contribution < -0.4 is 5.32 Å². The Hall–Kier alpha value is -1.36. The highest BCUT2D eigenvalue weighted by Gasteiger charge is 2.07. The average Bonchev–Trinajstić information content (AvgIpc) is 2.36. The van der Waals surface area contributed by atoms with Crippen LogP contribution in [0.15, 0.2) is 30.3 Å². The number of ether oxygens (including phenoxy) is 1. The minimum absolute atomic E-state index is 0.283. The van der Waals surface area contributed by atoms with E-state index in [-0.39, 0.29) is 6.61 Å². The standard InChI is InChI=1S/C13H15ClN2O2/c1-18-8-10(17)7-15-13-11-5-3-2-4-9(11)6-12(14)16-13/h2-6,10,17H,7-8H2,1H3,(H,15,16). The van der Waals surface area contributed by atoms with Gasteiger partial charge in [-0.25, -0.2) is 4.98 Å². The van der Waals surface area contributed by atoms with Crippen molar-refractivity contribution in [3.63, 3.8) is 0 Å².